The predicted octanol–water partition coefficient (Wildman–Crippen LogP) is 4.18. The van der Waals surface area contributed by atoms with Crippen LogP contribution in [0.2, 0.25) is 0 Å². The average Bonchev–Trinajstić information content (AvgIpc) is 2.63. The number of hydrogen-bond donors (Lipinski definition) is 2. The maximum Gasteiger partial charge on any atom is 0.306 e. The summed E-state index contributed by atoms with van der Waals surface area (Å²) in [7, 11) is 1.75. The first kappa shape index (κ1) is 21.3. The van der Waals surface area contributed by atoms with Crippen LogP contribution in [0.25, 0.3) is 0 Å². The Bertz CT molecular complexity index is 821. The average molecular weight is 434 g/mol. The lowest BCUT2D eigenvalue weighted by molar-refractivity contribution is -0.143. The molecule has 146 valence electrons. The van der Waals surface area contributed by atoms with Gasteiger partial charge >= 0.3 is 5.97 Å². The van der Waals surface area contributed by atoms with Crippen LogP contribution in [-0.4, -0.2) is 19.6 Å². The molecule has 2 rings (SSSR count). The number of esters is 1. The third kappa shape index (κ3) is 4.82. The van der Waals surface area contributed by atoms with Crippen LogP contribution in [0.1, 0.15) is 47.1 Å². The number of hydrogen-bond acceptors (Lipinski definition) is 5. The summed E-state index contributed by atoms with van der Waals surface area (Å²) < 4.78 is 5.22. The van der Waals surface area contributed by atoms with Gasteiger partial charge < -0.3 is 15.5 Å². The molecule has 0 saturated carbocycles. The normalized spacial score (nSPS) is 11.9. The van der Waals surface area contributed by atoms with Crippen molar-refractivity contribution in [2.45, 2.75) is 38.4 Å². The third-order valence-electron chi connectivity index (χ3n) is 4.88. The largest absolute Gasteiger partial charge is 0.466 e. The van der Waals surface area contributed by atoms with E-state index in [2.05, 4.69) is 41.1 Å². The number of rotatable bonds is 7. The topological polar surface area (TPSA) is 81.6 Å². The Labute approximate surface area is 169 Å². The van der Waals surface area contributed by atoms with Gasteiger partial charge in [-0.05, 0) is 54.7 Å². The minimum Gasteiger partial charge on any atom is -0.466 e. The van der Waals surface area contributed by atoms with E-state index < -0.39 is 0 Å². The third-order valence-corrected chi connectivity index (χ3v) is 5.49. The van der Waals surface area contributed by atoms with Crippen LogP contribution in [-0.2, 0) is 14.9 Å². The zero-order chi connectivity index (χ0) is 20.1. The second-order valence-corrected chi connectivity index (χ2v) is 7.27. The first-order chi connectivity index (χ1) is 12.8. The van der Waals surface area contributed by atoms with Crippen molar-refractivity contribution in [3.63, 3.8) is 0 Å². The van der Waals surface area contributed by atoms with Crippen molar-refractivity contribution in [3.8, 4) is 0 Å². The molecular weight excluding hydrogens is 406 g/mol. The van der Waals surface area contributed by atoms with Crippen LogP contribution in [0.3, 0.4) is 0 Å². The molecule has 0 amide bonds. The van der Waals surface area contributed by atoms with Crippen LogP contribution < -0.4 is 16.6 Å². The lowest BCUT2D eigenvalue weighted by Gasteiger charge is -2.24. The van der Waals surface area contributed by atoms with Crippen molar-refractivity contribution in [1.29, 1.82) is 0 Å². The minimum atomic E-state index is -0.221. The summed E-state index contributed by atoms with van der Waals surface area (Å²) in [4.78, 5) is 12.3. The Morgan fingerprint density at radius 1 is 1.26 bits per heavy atom. The number of aryl methyl sites for hydroxylation is 1. The zero-order valence-corrected chi connectivity index (χ0v) is 18.0. The van der Waals surface area contributed by atoms with E-state index in [1.54, 1.807) is 7.05 Å². The van der Waals surface area contributed by atoms with Crippen molar-refractivity contribution in [2.75, 3.05) is 24.4 Å². The number of carbonyl (C=O) groups is 1. The predicted molar refractivity (Wildman–Crippen MR) is 115 cm³/mol. The van der Waals surface area contributed by atoms with E-state index in [4.69, 9.17) is 16.3 Å². The highest BCUT2D eigenvalue weighted by Gasteiger charge is 2.23. The molecule has 2 aromatic rings. The van der Waals surface area contributed by atoms with Crippen molar-refractivity contribution in [2.24, 2.45) is 5.84 Å². The smallest absolute Gasteiger partial charge is 0.306 e. The van der Waals surface area contributed by atoms with Gasteiger partial charge in [0, 0.05) is 18.3 Å². The summed E-state index contributed by atoms with van der Waals surface area (Å²) >= 11 is 3.54. The van der Waals surface area contributed by atoms with E-state index >= 15 is 0 Å². The number of halogens is 1. The van der Waals surface area contributed by atoms with Gasteiger partial charge in [-0.1, -0.05) is 40.2 Å². The molecular formula is C21H28BrN3O2. The summed E-state index contributed by atoms with van der Waals surface area (Å²) in [6.07, 6.45) is 0.261. The molecule has 0 fully saturated rings. The van der Waals surface area contributed by atoms with Crippen LogP contribution in [0, 0.1) is 13.8 Å². The van der Waals surface area contributed by atoms with Gasteiger partial charge in [0.15, 0.2) is 0 Å². The molecule has 0 bridgehead atoms. The van der Waals surface area contributed by atoms with Crippen LogP contribution in [0.4, 0.5) is 11.4 Å². The van der Waals surface area contributed by atoms with Crippen molar-refractivity contribution in [3.05, 3.63) is 58.1 Å². The lowest BCUT2D eigenvalue weighted by atomic mass is 9.84. The Hall–Kier alpha value is -2.05. The summed E-state index contributed by atoms with van der Waals surface area (Å²) in [6, 6.07) is 10.2. The fraction of sp³-hybridized carbons (Fsp3) is 0.381. The number of nitrogens with zero attached hydrogens (tertiary/aromatic N) is 1. The lowest BCUT2D eigenvalue weighted by Crippen LogP contribution is -2.26. The minimum absolute atomic E-state index is 0.137. The van der Waals surface area contributed by atoms with Crippen molar-refractivity contribution >= 4 is 33.3 Å². The number of nitrogens with two attached hydrogens (primary N) is 2. The maximum atomic E-state index is 12.3. The van der Waals surface area contributed by atoms with Gasteiger partial charge in [-0.2, -0.15) is 0 Å². The van der Waals surface area contributed by atoms with Crippen LogP contribution >= 0.6 is 15.9 Å². The van der Waals surface area contributed by atoms with E-state index in [9.17, 15) is 4.79 Å². The zero-order valence-electron chi connectivity index (χ0n) is 16.4. The van der Waals surface area contributed by atoms with Gasteiger partial charge in [-0.25, -0.2) is 5.84 Å². The summed E-state index contributed by atoms with van der Waals surface area (Å²) in [5.74, 6) is 5.51. The summed E-state index contributed by atoms with van der Waals surface area (Å²) in [5.41, 5.74) is 13.1. The molecule has 0 saturated heterocycles. The maximum absolute atomic E-state index is 12.3. The van der Waals surface area contributed by atoms with E-state index in [0.29, 0.717) is 12.3 Å². The number of nitrogen functional groups attached to an aromatic ring is 1. The van der Waals surface area contributed by atoms with Gasteiger partial charge in [-0.3, -0.25) is 4.79 Å². The molecule has 27 heavy (non-hydrogen) atoms. The number of hydrazine groups is 1. The summed E-state index contributed by atoms with van der Waals surface area (Å²) in [6.45, 7) is 6.23. The molecule has 0 aromatic heterocycles. The SMILES string of the molecule is CCOC(=O)CC(c1ccc(C)c(CBr)c1)c1ccc(N(C)N)c(N)c1C. The Morgan fingerprint density at radius 3 is 2.56 bits per heavy atom. The number of ether oxygens (including phenoxy) is 1. The monoisotopic (exact) mass is 433 g/mol. The number of anilines is 2. The number of benzene rings is 2. The molecule has 0 aliphatic carbocycles. The molecule has 6 heteroatoms. The van der Waals surface area contributed by atoms with E-state index in [1.165, 1.54) is 16.1 Å². The molecule has 0 spiro atoms. The second kappa shape index (κ2) is 9.24. The van der Waals surface area contributed by atoms with E-state index in [1.807, 2.05) is 26.0 Å². The molecule has 2 aromatic carbocycles. The van der Waals surface area contributed by atoms with Crippen LogP contribution in [0.5, 0.6) is 0 Å². The second-order valence-electron chi connectivity index (χ2n) is 6.70. The van der Waals surface area contributed by atoms with E-state index in [0.717, 1.165) is 27.7 Å². The molecule has 0 aliphatic rings. The fourth-order valence-corrected chi connectivity index (χ4v) is 3.87. The number of alkyl halides is 1. The highest BCUT2D eigenvalue weighted by Crippen LogP contribution is 2.37. The van der Waals surface area contributed by atoms with E-state index in [-0.39, 0.29) is 18.3 Å². The highest BCUT2D eigenvalue weighted by atomic mass is 79.9. The molecule has 1 atom stereocenters. The molecule has 1 unspecified atom stereocenters. The Balaban J connectivity index is 2.57. The fourth-order valence-electron chi connectivity index (χ4n) is 3.26. The standard InChI is InChI=1S/C21H28BrN3O2/c1-5-27-20(26)11-18(15-7-6-13(2)16(10-15)12-22)17-8-9-19(25(4)24)21(23)14(17)3/h6-10,18H,5,11-12,23-24H2,1-4H3. The van der Waals surface area contributed by atoms with Gasteiger partial charge in [0.1, 0.15) is 0 Å². The quantitative estimate of drug-likeness (QED) is 0.225. The molecule has 0 heterocycles. The van der Waals surface area contributed by atoms with Gasteiger partial charge in [0.05, 0.1) is 24.4 Å². The van der Waals surface area contributed by atoms with Crippen molar-refractivity contribution in [1.82, 2.24) is 0 Å². The van der Waals surface area contributed by atoms with Gasteiger partial charge in [-0.15, -0.1) is 0 Å². The van der Waals surface area contributed by atoms with Crippen LogP contribution in [0.15, 0.2) is 30.3 Å². The molecule has 5 nitrogen and oxygen atoms in total. The van der Waals surface area contributed by atoms with Gasteiger partial charge in [0.2, 0.25) is 0 Å². The number of carbonyl (C=O) groups excluding carboxylic acids is 1. The summed E-state index contributed by atoms with van der Waals surface area (Å²) in [5, 5.41) is 2.26. The van der Waals surface area contributed by atoms with Gasteiger partial charge in [0.25, 0.3) is 0 Å². The van der Waals surface area contributed by atoms with Crippen molar-refractivity contribution < 1.29 is 9.53 Å². The molecule has 0 aliphatic heterocycles. The Kier molecular flexibility index (Phi) is 7.27. The highest BCUT2D eigenvalue weighted by molar-refractivity contribution is 9.08. The first-order valence-electron chi connectivity index (χ1n) is 8.98. The first-order valence-corrected chi connectivity index (χ1v) is 10.1. The molecule has 4 N–H and O–H groups in total. The molecule has 0 radical (unpaired) electrons. The Morgan fingerprint density at radius 2 is 1.96 bits per heavy atom.